The summed E-state index contributed by atoms with van der Waals surface area (Å²) in [7, 11) is 1.74. The molecule has 0 aliphatic carbocycles. The number of hydrogen-bond donors (Lipinski definition) is 0. The van der Waals surface area contributed by atoms with Crippen LogP contribution in [0.3, 0.4) is 0 Å². The number of halogens is 1. The van der Waals surface area contributed by atoms with E-state index in [-0.39, 0.29) is 0 Å². The molecule has 0 saturated heterocycles. The average Bonchev–Trinajstić information content (AvgIpc) is 2.31. The highest BCUT2D eigenvalue weighted by molar-refractivity contribution is 9.08. The van der Waals surface area contributed by atoms with Gasteiger partial charge in [-0.25, -0.2) is 0 Å². The average molecular weight is 272 g/mol. The van der Waals surface area contributed by atoms with Gasteiger partial charge < -0.3 is 9.64 Å². The van der Waals surface area contributed by atoms with E-state index in [1.807, 2.05) is 0 Å². The van der Waals surface area contributed by atoms with Crippen LogP contribution in [-0.2, 0) is 10.1 Å². The molecule has 0 aliphatic rings. The maximum Gasteiger partial charge on any atom is 0.0637 e. The summed E-state index contributed by atoms with van der Waals surface area (Å²) < 4.78 is 5.09. The Morgan fingerprint density at radius 2 is 1.93 bits per heavy atom. The highest BCUT2D eigenvalue weighted by atomic mass is 79.9. The number of rotatable bonds is 6. The number of ether oxygens (including phenoxy) is 1. The van der Waals surface area contributed by atoms with Gasteiger partial charge in [-0.15, -0.1) is 0 Å². The summed E-state index contributed by atoms with van der Waals surface area (Å²) in [6.07, 6.45) is 0. The zero-order chi connectivity index (χ0) is 11.1. The molecule has 0 atom stereocenters. The van der Waals surface area contributed by atoms with Gasteiger partial charge in [0.05, 0.1) is 6.61 Å². The third-order valence-electron chi connectivity index (χ3n) is 2.40. The molecule has 0 N–H and O–H groups in total. The fourth-order valence-electron chi connectivity index (χ4n) is 1.47. The van der Waals surface area contributed by atoms with Crippen molar-refractivity contribution in [3.05, 3.63) is 29.8 Å². The van der Waals surface area contributed by atoms with Gasteiger partial charge >= 0.3 is 0 Å². The quantitative estimate of drug-likeness (QED) is 0.738. The lowest BCUT2D eigenvalue weighted by Gasteiger charge is -2.22. The lowest BCUT2D eigenvalue weighted by Crippen LogP contribution is -2.26. The Hall–Kier alpha value is -0.540. The van der Waals surface area contributed by atoms with Crippen molar-refractivity contribution in [3.63, 3.8) is 0 Å². The van der Waals surface area contributed by atoms with Gasteiger partial charge in [-0.3, -0.25) is 0 Å². The van der Waals surface area contributed by atoms with E-state index in [1.54, 1.807) is 7.11 Å². The van der Waals surface area contributed by atoms with Gasteiger partial charge in [-0.05, 0) is 24.6 Å². The molecule has 2 nitrogen and oxygen atoms in total. The van der Waals surface area contributed by atoms with Crippen LogP contribution in [0.4, 0.5) is 5.69 Å². The Balaban J connectivity index is 2.65. The second kappa shape index (κ2) is 6.85. The minimum Gasteiger partial charge on any atom is -0.383 e. The van der Waals surface area contributed by atoms with Gasteiger partial charge in [0, 0.05) is 31.2 Å². The minimum atomic E-state index is 0.772. The first-order valence-electron chi connectivity index (χ1n) is 5.20. The molecule has 0 heterocycles. The number of likely N-dealkylation sites (N-methyl/N-ethyl adjacent to an activating group) is 1. The van der Waals surface area contributed by atoms with Crippen molar-refractivity contribution in [1.82, 2.24) is 0 Å². The fourth-order valence-corrected chi connectivity index (χ4v) is 1.84. The van der Waals surface area contributed by atoms with Crippen LogP contribution >= 0.6 is 15.9 Å². The highest BCUT2D eigenvalue weighted by Crippen LogP contribution is 2.16. The molecule has 0 fully saturated rings. The van der Waals surface area contributed by atoms with Crippen LogP contribution in [0.5, 0.6) is 0 Å². The summed E-state index contributed by atoms with van der Waals surface area (Å²) in [4.78, 5) is 2.31. The molecule has 0 spiro atoms. The Morgan fingerprint density at radius 1 is 1.27 bits per heavy atom. The minimum absolute atomic E-state index is 0.772. The Morgan fingerprint density at radius 3 is 2.40 bits per heavy atom. The fraction of sp³-hybridized carbons (Fsp3) is 0.500. The Bertz CT molecular complexity index is 273. The van der Waals surface area contributed by atoms with E-state index in [4.69, 9.17) is 4.74 Å². The molecule has 3 heteroatoms. The predicted molar refractivity (Wildman–Crippen MR) is 68.8 cm³/mol. The molecule has 1 aromatic carbocycles. The smallest absolute Gasteiger partial charge is 0.0637 e. The number of benzene rings is 1. The number of nitrogens with zero attached hydrogens (tertiary/aromatic N) is 1. The molecule has 0 aliphatic heterocycles. The summed E-state index contributed by atoms with van der Waals surface area (Å²) >= 11 is 3.44. The second-order valence-electron chi connectivity index (χ2n) is 3.37. The largest absolute Gasteiger partial charge is 0.383 e. The molecule has 84 valence electrons. The maximum atomic E-state index is 5.09. The van der Waals surface area contributed by atoms with Crippen molar-refractivity contribution >= 4 is 21.6 Å². The lowest BCUT2D eigenvalue weighted by atomic mass is 10.2. The number of anilines is 1. The van der Waals surface area contributed by atoms with Crippen LogP contribution in [0.15, 0.2) is 24.3 Å². The standard InChI is InChI=1S/C12H18BrNO/c1-3-14(8-9-15-2)12-6-4-11(10-13)5-7-12/h4-7H,3,8-10H2,1-2H3. The van der Waals surface area contributed by atoms with Gasteiger partial charge in [-0.1, -0.05) is 28.1 Å². The summed E-state index contributed by atoms with van der Waals surface area (Å²) in [5, 5.41) is 0.914. The van der Waals surface area contributed by atoms with Crippen molar-refractivity contribution in [2.24, 2.45) is 0 Å². The highest BCUT2D eigenvalue weighted by Gasteiger charge is 2.02. The van der Waals surface area contributed by atoms with Crippen LogP contribution < -0.4 is 4.90 Å². The molecule has 1 rings (SSSR count). The first-order valence-corrected chi connectivity index (χ1v) is 6.32. The van der Waals surface area contributed by atoms with Gasteiger partial charge in [0.1, 0.15) is 0 Å². The molecule has 0 aromatic heterocycles. The molecule has 0 amide bonds. The molecular weight excluding hydrogens is 254 g/mol. The van der Waals surface area contributed by atoms with Crippen LogP contribution in [-0.4, -0.2) is 26.8 Å². The molecule has 15 heavy (non-hydrogen) atoms. The Labute approximate surface area is 100 Å². The van der Waals surface area contributed by atoms with Crippen molar-refractivity contribution in [2.75, 3.05) is 31.7 Å². The maximum absolute atomic E-state index is 5.09. The number of hydrogen-bond acceptors (Lipinski definition) is 2. The summed E-state index contributed by atoms with van der Waals surface area (Å²) in [5.41, 5.74) is 2.57. The van der Waals surface area contributed by atoms with Crippen LogP contribution in [0.1, 0.15) is 12.5 Å². The van der Waals surface area contributed by atoms with Crippen LogP contribution in [0.25, 0.3) is 0 Å². The number of methoxy groups -OCH3 is 1. The molecule has 0 radical (unpaired) electrons. The molecule has 0 bridgehead atoms. The molecule has 1 aromatic rings. The van der Waals surface area contributed by atoms with E-state index >= 15 is 0 Å². The van der Waals surface area contributed by atoms with E-state index < -0.39 is 0 Å². The third kappa shape index (κ3) is 3.84. The van der Waals surface area contributed by atoms with E-state index in [1.165, 1.54) is 11.3 Å². The lowest BCUT2D eigenvalue weighted by molar-refractivity contribution is 0.205. The molecular formula is C12H18BrNO. The normalized spacial score (nSPS) is 10.3. The van der Waals surface area contributed by atoms with Crippen molar-refractivity contribution in [1.29, 1.82) is 0 Å². The topological polar surface area (TPSA) is 12.5 Å². The van der Waals surface area contributed by atoms with E-state index in [2.05, 4.69) is 52.0 Å². The first kappa shape index (κ1) is 12.5. The third-order valence-corrected chi connectivity index (χ3v) is 3.05. The molecule has 0 saturated carbocycles. The first-order chi connectivity index (χ1) is 7.31. The van der Waals surface area contributed by atoms with Gasteiger partial charge in [0.25, 0.3) is 0 Å². The van der Waals surface area contributed by atoms with Crippen molar-refractivity contribution in [3.8, 4) is 0 Å². The monoisotopic (exact) mass is 271 g/mol. The zero-order valence-corrected chi connectivity index (χ0v) is 11.0. The summed E-state index contributed by atoms with van der Waals surface area (Å²) in [5.74, 6) is 0. The molecule has 0 unspecified atom stereocenters. The van der Waals surface area contributed by atoms with Crippen LogP contribution in [0, 0.1) is 0 Å². The summed E-state index contributed by atoms with van der Waals surface area (Å²) in [6, 6.07) is 8.63. The Kier molecular flexibility index (Phi) is 5.73. The van der Waals surface area contributed by atoms with Crippen LogP contribution in [0.2, 0.25) is 0 Å². The van der Waals surface area contributed by atoms with Gasteiger partial charge in [-0.2, -0.15) is 0 Å². The zero-order valence-electron chi connectivity index (χ0n) is 9.37. The van der Waals surface area contributed by atoms with E-state index in [9.17, 15) is 0 Å². The second-order valence-corrected chi connectivity index (χ2v) is 3.93. The van der Waals surface area contributed by atoms with E-state index in [0.717, 1.165) is 25.0 Å². The van der Waals surface area contributed by atoms with Gasteiger partial charge in [0.15, 0.2) is 0 Å². The van der Waals surface area contributed by atoms with E-state index in [0.29, 0.717) is 0 Å². The summed E-state index contributed by atoms with van der Waals surface area (Å²) in [6.45, 7) is 4.89. The van der Waals surface area contributed by atoms with Gasteiger partial charge in [0.2, 0.25) is 0 Å². The van der Waals surface area contributed by atoms with Crippen molar-refractivity contribution in [2.45, 2.75) is 12.3 Å². The van der Waals surface area contributed by atoms with Crippen molar-refractivity contribution < 1.29 is 4.74 Å². The number of alkyl halides is 1. The SMILES string of the molecule is CCN(CCOC)c1ccc(CBr)cc1. The predicted octanol–water partition coefficient (Wildman–Crippen LogP) is 3.05.